The van der Waals surface area contributed by atoms with Crippen LogP contribution < -0.4 is 0 Å². The van der Waals surface area contributed by atoms with E-state index in [4.69, 9.17) is 0 Å². The summed E-state index contributed by atoms with van der Waals surface area (Å²) in [6.45, 7) is 18.7. The van der Waals surface area contributed by atoms with Gasteiger partial charge in [-0.1, -0.05) is 86.1 Å². The summed E-state index contributed by atoms with van der Waals surface area (Å²) >= 11 is 0. The largest absolute Gasteiger partial charge is 0.294 e. The van der Waals surface area contributed by atoms with Gasteiger partial charge in [0.05, 0.1) is 11.1 Å². The standard InChI is InChI=1S/2C10H11FO.C3H8.2C2H6/c2*1-3-8-5-4-6-9(7(2)12)10(8)11;1-3-2;2*1-2/h2*4-6H,3H2,1-2H3;3H2,1-2H3;2*1-2H3. The minimum Gasteiger partial charge on any atom is -0.294 e. The van der Waals surface area contributed by atoms with Gasteiger partial charge in [-0.25, -0.2) is 8.78 Å². The van der Waals surface area contributed by atoms with Crippen LogP contribution in [0.4, 0.5) is 8.78 Å². The third-order valence-electron chi connectivity index (χ3n) is 3.68. The quantitative estimate of drug-likeness (QED) is 0.449. The van der Waals surface area contributed by atoms with E-state index in [9.17, 15) is 18.4 Å². The zero-order valence-electron chi connectivity index (χ0n) is 21.2. The van der Waals surface area contributed by atoms with Gasteiger partial charge < -0.3 is 0 Å². The molecule has 0 N–H and O–H groups in total. The number of hydrogen-bond donors (Lipinski definition) is 0. The number of carbonyl (C=O) groups is 2. The number of hydrogen-bond acceptors (Lipinski definition) is 2. The molecular weight excluding hydrogens is 394 g/mol. The van der Waals surface area contributed by atoms with Crippen LogP contribution in [-0.2, 0) is 12.8 Å². The van der Waals surface area contributed by atoms with Crippen molar-refractivity contribution in [2.24, 2.45) is 0 Å². The number of Topliss-reactive ketones (excluding diaryl/α,β-unsaturated/α-hetero) is 2. The van der Waals surface area contributed by atoms with E-state index in [1.165, 1.54) is 32.4 Å². The van der Waals surface area contributed by atoms with Crippen molar-refractivity contribution in [3.8, 4) is 0 Å². The van der Waals surface area contributed by atoms with Gasteiger partial charge in [0.2, 0.25) is 0 Å². The molecule has 0 aromatic heterocycles. The predicted molar refractivity (Wildman–Crippen MR) is 130 cm³/mol. The summed E-state index contributed by atoms with van der Waals surface area (Å²) in [5.41, 5.74) is 1.58. The average Bonchev–Trinajstić information content (AvgIpc) is 2.77. The highest BCUT2D eigenvalue weighted by molar-refractivity contribution is 5.95. The maximum Gasteiger partial charge on any atom is 0.162 e. The monoisotopic (exact) mass is 436 g/mol. The molecule has 2 rings (SSSR count). The Kier molecular flexibility index (Phi) is 22.4. The molecule has 0 radical (unpaired) electrons. The minimum absolute atomic E-state index is 0.189. The van der Waals surface area contributed by atoms with Crippen molar-refractivity contribution in [3.05, 3.63) is 70.3 Å². The van der Waals surface area contributed by atoms with Crippen molar-refractivity contribution < 1.29 is 18.4 Å². The lowest BCUT2D eigenvalue weighted by Gasteiger charge is -2.02. The third kappa shape index (κ3) is 12.8. The summed E-state index contributed by atoms with van der Waals surface area (Å²) in [6.07, 6.45) is 2.49. The molecule has 0 atom stereocenters. The summed E-state index contributed by atoms with van der Waals surface area (Å²) in [5, 5.41) is 0. The summed E-state index contributed by atoms with van der Waals surface area (Å²) in [5.74, 6) is -1.18. The fourth-order valence-corrected chi connectivity index (χ4v) is 2.25. The molecule has 2 nitrogen and oxygen atoms in total. The number of carbonyl (C=O) groups excluding carboxylic acids is 2. The summed E-state index contributed by atoms with van der Waals surface area (Å²) in [4.78, 5) is 21.8. The molecule has 4 heteroatoms. The molecule has 0 bridgehead atoms. The Morgan fingerprint density at radius 2 is 0.903 bits per heavy atom. The van der Waals surface area contributed by atoms with Gasteiger partial charge in [0, 0.05) is 0 Å². The number of ketones is 2. The molecule has 0 spiro atoms. The van der Waals surface area contributed by atoms with E-state index in [1.54, 1.807) is 24.3 Å². The van der Waals surface area contributed by atoms with Gasteiger partial charge in [0.25, 0.3) is 0 Å². The zero-order chi connectivity index (χ0) is 25.0. The lowest BCUT2D eigenvalue weighted by Crippen LogP contribution is -2.00. The number of benzene rings is 2. The molecule has 0 fully saturated rings. The van der Waals surface area contributed by atoms with Crippen molar-refractivity contribution in [3.63, 3.8) is 0 Å². The highest BCUT2D eigenvalue weighted by Gasteiger charge is 2.10. The number of aryl methyl sites for hydroxylation is 2. The van der Waals surface area contributed by atoms with Crippen molar-refractivity contribution in [1.82, 2.24) is 0 Å². The molecule has 2 aromatic rings. The van der Waals surface area contributed by atoms with Gasteiger partial charge in [0.1, 0.15) is 11.6 Å². The van der Waals surface area contributed by atoms with Crippen LogP contribution >= 0.6 is 0 Å². The second-order valence-electron chi connectivity index (χ2n) is 6.08. The molecule has 0 saturated carbocycles. The first-order chi connectivity index (χ1) is 14.7. The molecule has 0 amide bonds. The van der Waals surface area contributed by atoms with Crippen LogP contribution in [0.2, 0.25) is 0 Å². The maximum absolute atomic E-state index is 13.3. The van der Waals surface area contributed by atoms with E-state index >= 15 is 0 Å². The highest BCUT2D eigenvalue weighted by Crippen LogP contribution is 2.14. The zero-order valence-corrected chi connectivity index (χ0v) is 21.2. The van der Waals surface area contributed by atoms with Gasteiger partial charge in [-0.15, -0.1) is 0 Å². The molecule has 2 aromatic carbocycles. The van der Waals surface area contributed by atoms with Crippen molar-refractivity contribution >= 4 is 11.6 Å². The number of halogens is 2. The smallest absolute Gasteiger partial charge is 0.162 e. The lowest BCUT2D eigenvalue weighted by atomic mass is 10.1. The lowest BCUT2D eigenvalue weighted by molar-refractivity contribution is 0.100. The van der Waals surface area contributed by atoms with E-state index < -0.39 is 0 Å². The molecule has 176 valence electrons. The minimum atomic E-state index is -0.368. The molecule has 31 heavy (non-hydrogen) atoms. The van der Waals surface area contributed by atoms with Crippen molar-refractivity contribution in [2.75, 3.05) is 0 Å². The number of rotatable bonds is 4. The van der Waals surface area contributed by atoms with Crippen molar-refractivity contribution in [1.29, 1.82) is 0 Å². The van der Waals surface area contributed by atoms with E-state index in [2.05, 4.69) is 13.8 Å². The molecule has 0 aliphatic heterocycles. The molecule has 0 aliphatic carbocycles. The molecule has 0 heterocycles. The second kappa shape index (κ2) is 20.9. The van der Waals surface area contributed by atoms with Gasteiger partial charge in [-0.05, 0) is 49.9 Å². The Labute approximate surface area is 189 Å². The first-order valence-corrected chi connectivity index (χ1v) is 11.3. The topological polar surface area (TPSA) is 34.1 Å². The normalized spacial score (nSPS) is 8.65. The Bertz CT molecular complexity index is 689. The van der Waals surface area contributed by atoms with Crippen LogP contribution in [0.25, 0.3) is 0 Å². The molecule has 0 aliphatic rings. The fraction of sp³-hybridized carbons (Fsp3) is 0.481. The third-order valence-corrected chi connectivity index (χ3v) is 3.68. The SMILES string of the molecule is CC.CC.CCC.CCc1cccc(C(C)=O)c1F.CCc1cccc(C(C)=O)c1F. The van der Waals surface area contributed by atoms with E-state index in [0.29, 0.717) is 24.0 Å². The van der Waals surface area contributed by atoms with E-state index in [1.807, 2.05) is 41.5 Å². The summed E-state index contributed by atoms with van der Waals surface area (Å²) in [7, 11) is 0. The average molecular weight is 437 g/mol. The maximum atomic E-state index is 13.3. The Hall–Kier alpha value is -2.36. The van der Waals surface area contributed by atoms with Crippen LogP contribution in [0.3, 0.4) is 0 Å². The van der Waals surface area contributed by atoms with E-state index in [-0.39, 0.29) is 34.3 Å². The Morgan fingerprint density at radius 3 is 1.10 bits per heavy atom. The second-order valence-corrected chi connectivity index (χ2v) is 6.08. The summed E-state index contributed by atoms with van der Waals surface area (Å²) < 4.78 is 26.6. The molecule has 0 saturated heterocycles. The predicted octanol–water partition coefficient (Wildman–Crippen LogP) is 8.65. The van der Waals surface area contributed by atoms with Gasteiger partial charge in [-0.2, -0.15) is 0 Å². The van der Waals surface area contributed by atoms with Crippen LogP contribution in [0.5, 0.6) is 0 Å². The van der Waals surface area contributed by atoms with Gasteiger partial charge in [0.15, 0.2) is 11.6 Å². The Balaban J connectivity index is -0.000000393. The van der Waals surface area contributed by atoms with Crippen LogP contribution in [0, 0.1) is 11.6 Å². The molecular formula is C27H42F2O2. The van der Waals surface area contributed by atoms with Crippen LogP contribution in [0.1, 0.15) is 108 Å². The fourth-order valence-electron chi connectivity index (χ4n) is 2.25. The van der Waals surface area contributed by atoms with Crippen molar-refractivity contribution in [2.45, 2.75) is 88.5 Å². The van der Waals surface area contributed by atoms with E-state index in [0.717, 1.165) is 0 Å². The van der Waals surface area contributed by atoms with Gasteiger partial charge >= 0.3 is 0 Å². The first kappa shape index (κ1) is 33.3. The summed E-state index contributed by atoms with van der Waals surface area (Å²) in [6, 6.07) is 9.83. The van der Waals surface area contributed by atoms with Crippen LogP contribution in [0.15, 0.2) is 36.4 Å². The first-order valence-electron chi connectivity index (χ1n) is 11.3. The van der Waals surface area contributed by atoms with Crippen LogP contribution in [-0.4, -0.2) is 11.6 Å². The Morgan fingerprint density at radius 1 is 0.645 bits per heavy atom. The molecule has 0 unspecified atom stereocenters. The van der Waals surface area contributed by atoms with Gasteiger partial charge in [-0.3, -0.25) is 9.59 Å². The highest BCUT2D eigenvalue weighted by atomic mass is 19.1.